The molecule has 358 valence electrons. The van der Waals surface area contributed by atoms with E-state index in [2.05, 4.69) is 20.3 Å². The standard InChI is InChI=1S/C44H58F4N6O10S/c1-7-26-18-25(2)10-8-9-11-27-22-43(27,39(57)52-65(59,60)42(5)12-13-42)51-36(55)32-19-28(24-54(32)38(56)35(26)50-40(58)64-41(3,4)44(46,47)48)63-37-30-20-31(45)34(61-6)21-29(30)33(23-49-37)53-14-16-62-17-15-53/h9,11,20-21,23,25-28,32,35H,7-8,10,12-19,22,24H2,1-6H3,(H,50,58)(H,51,55)(H,52,57). The zero-order chi connectivity index (χ0) is 47.3. The van der Waals surface area contributed by atoms with Crippen LogP contribution in [0.4, 0.5) is 28.0 Å². The van der Waals surface area contributed by atoms with Gasteiger partial charge in [-0.3, -0.25) is 19.1 Å². The third kappa shape index (κ3) is 9.81. The van der Waals surface area contributed by atoms with E-state index in [1.54, 1.807) is 19.2 Å². The summed E-state index contributed by atoms with van der Waals surface area (Å²) < 4.78 is 107. The molecule has 7 atom stereocenters. The molecule has 2 aromatic rings. The van der Waals surface area contributed by atoms with Crippen molar-refractivity contribution in [2.24, 2.45) is 17.8 Å². The van der Waals surface area contributed by atoms with Crippen LogP contribution in [0.3, 0.4) is 0 Å². The first-order chi connectivity index (χ1) is 30.5. The maximum atomic E-state index is 15.4. The number of nitrogens with one attached hydrogen (secondary N) is 3. The molecule has 21 heteroatoms. The van der Waals surface area contributed by atoms with Crippen LogP contribution in [-0.2, 0) is 33.9 Å². The normalized spacial score (nSPS) is 28.5. The summed E-state index contributed by atoms with van der Waals surface area (Å²) in [4.78, 5) is 65.0. The summed E-state index contributed by atoms with van der Waals surface area (Å²) in [6, 6.07) is -0.164. The quantitative estimate of drug-likeness (QED) is 0.207. The lowest BCUT2D eigenvalue weighted by Gasteiger charge is -2.35. The number of aromatic nitrogens is 1. The van der Waals surface area contributed by atoms with E-state index in [0.717, 1.165) is 4.90 Å². The van der Waals surface area contributed by atoms with Gasteiger partial charge in [-0.15, -0.1) is 0 Å². The number of fused-ring (bicyclic) bond motifs is 3. The van der Waals surface area contributed by atoms with Gasteiger partial charge in [0.1, 0.15) is 23.7 Å². The highest BCUT2D eigenvalue weighted by Crippen LogP contribution is 2.48. The number of allylic oxidation sites excluding steroid dienone is 1. The van der Waals surface area contributed by atoms with Crippen LogP contribution in [0.1, 0.15) is 86.0 Å². The Bertz CT molecular complexity index is 2320. The van der Waals surface area contributed by atoms with E-state index in [-0.39, 0.29) is 42.3 Å². The molecule has 1 aromatic carbocycles. The molecular weight excluding hydrogens is 881 g/mol. The number of ether oxygens (including phenoxy) is 4. The molecule has 1 aromatic heterocycles. The van der Waals surface area contributed by atoms with Crippen molar-refractivity contribution in [2.45, 2.75) is 126 Å². The fourth-order valence-corrected chi connectivity index (χ4v) is 10.2. The maximum Gasteiger partial charge on any atom is 0.427 e. The van der Waals surface area contributed by atoms with Crippen LogP contribution in [0.15, 0.2) is 30.5 Å². The van der Waals surface area contributed by atoms with Gasteiger partial charge in [0.25, 0.3) is 5.91 Å². The molecule has 2 saturated heterocycles. The summed E-state index contributed by atoms with van der Waals surface area (Å²) in [6.07, 6.45) is 0.0182. The Kier molecular flexibility index (Phi) is 13.3. The number of halogens is 4. The minimum absolute atomic E-state index is 0.0288. The molecule has 2 saturated carbocycles. The summed E-state index contributed by atoms with van der Waals surface area (Å²) in [5.41, 5.74) is -3.97. The number of hydrogen-bond donors (Lipinski definition) is 3. The number of methoxy groups -OCH3 is 1. The number of amides is 4. The van der Waals surface area contributed by atoms with Gasteiger partial charge in [0.05, 0.1) is 43.5 Å². The smallest absolute Gasteiger partial charge is 0.427 e. The highest BCUT2D eigenvalue weighted by Gasteiger charge is 2.63. The van der Waals surface area contributed by atoms with Crippen LogP contribution in [0, 0.1) is 23.6 Å². The first-order valence-electron chi connectivity index (χ1n) is 22.1. The van der Waals surface area contributed by atoms with Crippen LogP contribution in [-0.4, -0.2) is 122 Å². The van der Waals surface area contributed by atoms with Gasteiger partial charge in [0.2, 0.25) is 33.3 Å². The number of morpholine rings is 1. The predicted octanol–water partition coefficient (Wildman–Crippen LogP) is 5.28. The Morgan fingerprint density at radius 3 is 2.45 bits per heavy atom. The average molecular weight is 939 g/mol. The number of hydrogen-bond acceptors (Lipinski definition) is 12. The van der Waals surface area contributed by atoms with E-state index in [4.69, 9.17) is 18.9 Å². The number of carbonyl (C=O) groups excluding carboxylic acids is 4. The van der Waals surface area contributed by atoms with Gasteiger partial charge < -0.3 is 39.4 Å². The van der Waals surface area contributed by atoms with Crippen molar-refractivity contribution in [1.29, 1.82) is 0 Å². The van der Waals surface area contributed by atoms with Crippen molar-refractivity contribution in [1.82, 2.24) is 25.2 Å². The highest BCUT2D eigenvalue weighted by molar-refractivity contribution is 7.91. The summed E-state index contributed by atoms with van der Waals surface area (Å²) >= 11 is 0. The van der Waals surface area contributed by atoms with Crippen LogP contribution in [0.25, 0.3) is 10.8 Å². The molecule has 7 rings (SSSR count). The fourth-order valence-electron chi connectivity index (χ4n) is 8.93. The van der Waals surface area contributed by atoms with Gasteiger partial charge in [-0.1, -0.05) is 32.4 Å². The van der Waals surface area contributed by atoms with E-state index in [1.807, 2.05) is 17.9 Å². The predicted molar refractivity (Wildman–Crippen MR) is 229 cm³/mol. The Labute approximate surface area is 375 Å². The second-order valence-electron chi connectivity index (χ2n) is 18.8. The molecule has 4 heterocycles. The number of alkyl carbamates (subject to hydrolysis) is 1. The number of alkyl halides is 3. The molecule has 65 heavy (non-hydrogen) atoms. The van der Waals surface area contributed by atoms with Gasteiger partial charge in [-0.05, 0) is 83.3 Å². The Hall–Kier alpha value is -4.92. The number of benzene rings is 1. The minimum atomic E-state index is -4.95. The average Bonchev–Trinajstić information content (AvgIpc) is 4.13. The van der Waals surface area contributed by atoms with Gasteiger partial charge >= 0.3 is 12.3 Å². The molecular formula is C44H58F4N6O10S. The summed E-state index contributed by atoms with van der Waals surface area (Å²) in [7, 11) is -2.79. The second-order valence-corrected chi connectivity index (χ2v) is 20.9. The summed E-state index contributed by atoms with van der Waals surface area (Å²) in [5, 5.41) is 6.01. The number of sulfonamides is 1. The van der Waals surface area contributed by atoms with Gasteiger partial charge in [0.15, 0.2) is 11.6 Å². The molecule has 0 bridgehead atoms. The van der Waals surface area contributed by atoms with E-state index < -0.39 is 91.7 Å². The SMILES string of the molecule is CCC1CC(C)CCC=CC2CC2(C(=O)NS(=O)(=O)C2(C)CC2)NC(=O)C2CC(Oc3ncc(N4CCOCC4)c4cc(OC)c(F)cc34)CN2C(=O)C1NC(=O)OC(C)(C)C(F)(F)F. The molecule has 4 fully saturated rings. The van der Waals surface area contributed by atoms with Gasteiger partial charge in [0, 0.05) is 36.2 Å². The Morgan fingerprint density at radius 1 is 1.09 bits per heavy atom. The Morgan fingerprint density at radius 2 is 1.80 bits per heavy atom. The molecule has 5 aliphatic rings. The number of nitrogens with zero attached hydrogens (tertiary/aromatic N) is 3. The van der Waals surface area contributed by atoms with Crippen molar-refractivity contribution < 1.29 is 64.1 Å². The van der Waals surface area contributed by atoms with E-state index in [1.165, 1.54) is 26.2 Å². The van der Waals surface area contributed by atoms with Crippen molar-refractivity contribution >= 4 is 50.3 Å². The highest BCUT2D eigenvalue weighted by atomic mass is 32.2. The first-order valence-corrected chi connectivity index (χ1v) is 23.6. The maximum absolute atomic E-state index is 15.4. The molecule has 16 nitrogen and oxygen atoms in total. The molecule has 3 N–H and O–H groups in total. The summed E-state index contributed by atoms with van der Waals surface area (Å²) in [5.74, 6) is -4.67. The first kappa shape index (κ1) is 48.0. The molecule has 0 radical (unpaired) electrons. The van der Waals surface area contributed by atoms with Crippen LogP contribution in [0.2, 0.25) is 0 Å². The lowest BCUT2D eigenvalue weighted by atomic mass is 9.85. The third-order valence-corrected chi connectivity index (χ3v) is 15.8. The molecule has 7 unspecified atom stereocenters. The monoisotopic (exact) mass is 938 g/mol. The van der Waals surface area contributed by atoms with Crippen molar-refractivity contribution in [3.63, 3.8) is 0 Å². The van der Waals surface area contributed by atoms with Crippen molar-refractivity contribution in [3.8, 4) is 11.6 Å². The number of carbonyl (C=O) groups is 4. The number of pyridine rings is 1. The second kappa shape index (κ2) is 18.0. The zero-order valence-electron chi connectivity index (χ0n) is 37.4. The lowest BCUT2D eigenvalue weighted by molar-refractivity contribution is -0.244. The van der Waals surface area contributed by atoms with Gasteiger partial charge in [-0.2, -0.15) is 13.2 Å². The van der Waals surface area contributed by atoms with Crippen LogP contribution in [0.5, 0.6) is 11.6 Å². The van der Waals surface area contributed by atoms with Crippen LogP contribution < -0.4 is 29.7 Å². The van der Waals surface area contributed by atoms with Gasteiger partial charge in [-0.25, -0.2) is 22.6 Å². The summed E-state index contributed by atoms with van der Waals surface area (Å²) in [6.45, 7) is 8.25. The minimum Gasteiger partial charge on any atom is -0.494 e. The number of rotatable bonds is 10. The Balaban J connectivity index is 1.26. The molecule has 4 amide bonds. The largest absolute Gasteiger partial charge is 0.494 e. The van der Waals surface area contributed by atoms with Crippen molar-refractivity contribution in [2.75, 3.05) is 44.9 Å². The third-order valence-electron chi connectivity index (χ3n) is 13.6. The van der Waals surface area contributed by atoms with Crippen molar-refractivity contribution in [3.05, 3.63) is 36.3 Å². The molecule has 2 aliphatic carbocycles. The lowest BCUT2D eigenvalue weighted by Crippen LogP contribution is -2.60. The van der Waals surface area contributed by atoms with E-state index >= 15 is 9.18 Å². The number of anilines is 1. The fraction of sp³-hybridized carbons (Fsp3) is 0.659. The van der Waals surface area contributed by atoms with E-state index in [0.29, 0.717) is 89.7 Å². The zero-order valence-corrected chi connectivity index (χ0v) is 38.2. The molecule has 3 aliphatic heterocycles. The van der Waals surface area contributed by atoms with E-state index in [9.17, 15) is 36.0 Å². The molecule has 0 spiro atoms. The topological polar surface area (TPSA) is 195 Å². The van der Waals surface area contributed by atoms with Crippen LogP contribution >= 0.6 is 0 Å².